The molecule has 3 aromatic rings. The number of unbranched alkanes of at least 4 members (excludes halogenated alkanes) is 24. The van der Waals surface area contributed by atoms with E-state index >= 15 is 0 Å². The number of benzene rings is 3. The molecule has 0 aromatic heterocycles. The highest BCUT2D eigenvalue weighted by atomic mass is 31.2. The maximum atomic E-state index is 14.0. The first kappa shape index (κ1) is 83.4. The summed E-state index contributed by atoms with van der Waals surface area (Å²) in [7, 11) is -4.84. The third kappa shape index (κ3) is 29.4. The Morgan fingerprint density at radius 3 is 1.12 bits per heavy atom. The molecule has 12 atom stereocenters. The van der Waals surface area contributed by atoms with Crippen LogP contribution in [0.1, 0.15) is 231 Å². The fourth-order valence-corrected chi connectivity index (χ4v) is 15.3. The van der Waals surface area contributed by atoms with Crippen LogP contribution in [0, 0.1) is 41.4 Å². The zero-order valence-electron chi connectivity index (χ0n) is 60.0. The lowest BCUT2D eigenvalue weighted by molar-refractivity contribution is -0.231. The molecular weight excluding hydrogens is 1220 g/mol. The van der Waals surface area contributed by atoms with Gasteiger partial charge in [-0.05, 0) is 67.1 Å². The second kappa shape index (κ2) is 47.9. The van der Waals surface area contributed by atoms with E-state index < -0.39 is 62.0 Å². The number of hydrogen-bond acceptors (Lipinski definition) is 11. The Hall–Kier alpha value is -5.01. The molecule has 3 aromatic carbocycles. The SMILES string of the molecule is C=CC1C(C=C)C(C)C(C)(OP(=O)(O)OC[C@@H](COC(=O)CCCCCCCCCCCCCCC)OC(=O)CCCCCCCCCCCCCCC)C(OCc2ccccc2)C1C=C.C=CC1C(C=C)C(OCc2ccccc2)C(C)(O)C(OCc2ccccc2)C1C=C. The van der Waals surface area contributed by atoms with Crippen LogP contribution in [0.4, 0.5) is 0 Å². The van der Waals surface area contributed by atoms with Crippen LogP contribution in [0.3, 0.4) is 0 Å². The molecule has 536 valence electrons. The van der Waals surface area contributed by atoms with Crippen molar-refractivity contribution in [3.05, 3.63) is 184 Å². The Bertz CT molecular complexity index is 2600. The summed E-state index contributed by atoms with van der Waals surface area (Å²) < 4.78 is 56.4. The number of phosphoric acid groups is 1. The number of aliphatic hydroxyl groups is 1. The Morgan fingerprint density at radius 2 is 0.771 bits per heavy atom. The number of rotatable bonds is 51. The van der Waals surface area contributed by atoms with E-state index in [0.717, 1.165) is 55.2 Å². The van der Waals surface area contributed by atoms with Crippen molar-refractivity contribution in [3.63, 3.8) is 0 Å². The molecule has 12 nitrogen and oxygen atoms in total. The van der Waals surface area contributed by atoms with Gasteiger partial charge in [0.2, 0.25) is 0 Å². The zero-order chi connectivity index (χ0) is 69.9. The molecule has 5 rings (SSSR count). The van der Waals surface area contributed by atoms with Gasteiger partial charge >= 0.3 is 19.8 Å². The summed E-state index contributed by atoms with van der Waals surface area (Å²) in [5.74, 6) is -2.07. The molecule has 96 heavy (non-hydrogen) atoms. The van der Waals surface area contributed by atoms with Gasteiger partial charge in [-0.1, -0.05) is 302 Å². The molecule has 2 N–H and O–H groups in total. The van der Waals surface area contributed by atoms with Crippen molar-refractivity contribution in [1.29, 1.82) is 0 Å². The first-order valence-electron chi connectivity index (χ1n) is 37.0. The highest BCUT2D eigenvalue weighted by Gasteiger charge is 2.58. The summed E-state index contributed by atoms with van der Waals surface area (Å²) in [5.41, 5.74) is 0.460. The van der Waals surface area contributed by atoms with E-state index in [4.69, 9.17) is 32.7 Å². The molecule has 2 fully saturated rings. The fourth-order valence-electron chi connectivity index (χ4n) is 14.1. The van der Waals surface area contributed by atoms with Crippen LogP contribution in [0.25, 0.3) is 0 Å². The molecule has 0 amide bonds. The average Bonchev–Trinajstić information content (AvgIpc) is 0.751. The Kier molecular flexibility index (Phi) is 41.6. The number of carbonyl (C=O) groups is 2. The van der Waals surface area contributed by atoms with Crippen molar-refractivity contribution in [1.82, 2.24) is 0 Å². The van der Waals surface area contributed by atoms with Gasteiger partial charge in [-0.2, -0.15) is 0 Å². The first-order chi connectivity index (χ1) is 46.5. The molecule has 0 heterocycles. The fraction of sp³-hybridized carbons (Fsp3) is 0.614. The molecule has 2 saturated carbocycles. The number of ether oxygens (including phenoxy) is 5. The number of hydrogen-bond donors (Lipinski definition) is 2. The summed E-state index contributed by atoms with van der Waals surface area (Å²) in [6, 6.07) is 29.6. The van der Waals surface area contributed by atoms with E-state index in [1.54, 1.807) is 19.9 Å². The molecule has 2 aliphatic carbocycles. The molecular formula is C83H127O12P. The number of carbonyl (C=O) groups excluding carboxylic acids is 2. The topological polar surface area (TPSA) is 156 Å². The van der Waals surface area contributed by atoms with Crippen molar-refractivity contribution >= 4 is 19.8 Å². The van der Waals surface area contributed by atoms with Crippen LogP contribution in [0.2, 0.25) is 0 Å². The third-order valence-electron chi connectivity index (χ3n) is 19.9. The predicted molar refractivity (Wildman–Crippen MR) is 394 cm³/mol. The summed E-state index contributed by atoms with van der Waals surface area (Å²) >= 11 is 0. The molecule has 0 radical (unpaired) electrons. The second-order valence-electron chi connectivity index (χ2n) is 27.4. The Balaban J connectivity index is 0.000000538. The second-order valence-corrected chi connectivity index (χ2v) is 28.7. The van der Waals surface area contributed by atoms with E-state index in [1.807, 2.05) is 128 Å². The number of phosphoric ester groups is 1. The lowest BCUT2D eigenvalue weighted by atomic mass is 9.59. The van der Waals surface area contributed by atoms with Gasteiger partial charge in [0.15, 0.2) is 6.10 Å². The van der Waals surface area contributed by atoms with Crippen LogP contribution in [-0.4, -0.2) is 70.8 Å². The maximum Gasteiger partial charge on any atom is 0.472 e. The van der Waals surface area contributed by atoms with Gasteiger partial charge in [0.25, 0.3) is 0 Å². The molecule has 0 aliphatic heterocycles. The molecule has 11 unspecified atom stereocenters. The summed E-state index contributed by atoms with van der Waals surface area (Å²) in [6.07, 6.45) is 40.0. The minimum absolute atomic E-state index is 0.00164. The van der Waals surface area contributed by atoms with Gasteiger partial charge in [-0.25, -0.2) is 4.57 Å². The molecule has 0 bridgehead atoms. The molecule has 13 heteroatoms. The summed E-state index contributed by atoms with van der Waals surface area (Å²) in [4.78, 5) is 37.4. The van der Waals surface area contributed by atoms with Crippen LogP contribution in [0.5, 0.6) is 0 Å². The lowest BCUT2D eigenvalue weighted by Crippen LogP contribution is -2.63. The highest BCUT2D eigenvalue weighted by Crippen LogP contribution is 2.57. The minimum atomic E-state index is -4.84. The van der Waals surface area contributed by atoms with Crippen LogP contribution in [0.15, 0.2) is 167 Å². The lowest BCUT2D eigenvalue weighted by Gasteiger charge is -2.54. The quantitative estimate of drug-likeness (QED) is 0.0239. The van der Waals surface area contributed by atoms with Gasteiger partial charge < -0.3 is 33.7 Å². The minimum Gasteiger partial charge on any atom is -0.462 e. The molecule has 0 spiro atoms. The van der Waals surface area contributed by atoms with Gasteiger partial charge in [0.05, 0.1) is 44.7 Å². The summed E-state index contributed by atoms with van der Waals surface area (Å²) in [6.45, 7) is 34.6. The van der Waals surface area contributed by atoms with E-state index in [9.17, 15) is 24.2 Å². The monoisotopic (exact) mass is 1350 g/mol. The Labute approximate surface area is 581 Å². The van der Waals surface area contributed by atoms with E-state index in [0.29, 0.717) is 26.1 Å². The van der Waals surface area contributed by atoms with Crippen LogP contribution < -0.4 is 0 Å². The van der Waals surface area contributed by atoms with Gasteiger partial charge in [-0.15, -0.1) is 39.5 Å². The van der Waals surface area contributed by atoms with E-state index in [1.165, 1.54) is 116 Å². The van der Waals surface area contributed by atoms with Crippen molar-refractivity contribution in [3.8, 4) is 0 Å². The van der Waals surface area contributed by atoms with Crippen molar-refractivity contribution < 1.29 is 56.9 Å². The van der Waals surface area contributed by atoms with Gasteiger partial charge in [0, 0.05) is 30.6 Å². The highest BCUT2D eigenvalue weighted by molar-refractivity contribution is 7.47. The van der Waals surface area contributed by atoms with Crippen LogP contribution >= 0.6 is 7.82 Å². The number of allylic oxidation sites excluding steroid dienone is 3. The first-order valence-corrected chi connectivity index (χ1v) is 38.5. The molecule has 2 aliphatic rings. The average molecular weight is 1350 g/mol. The van der Waals surface area contributed by atoms with Crippen LogP contribution in [-0.2, 0) is 66.7 Å². The van der Waals surface area contributed by atoms with Gasteiger partial charge in [-0.3, -0.25) is 18.6 Å². The standard InChI is InChI=1S/C56H95O9P.C27H32O3/c1-8-13-15-17-19-21-23-25-27-29-31-33-38-42-53(57)61-45-49(64-54(58)43-39-34-32-30-28-26-24-22-20-18-16-14-9-2)46-63-66(59,60)65-56(7)47(6)50(10-3)51(11-4)52(12-5)55(56)62-44-48-40-36-35-37-41-48;1-5-22-23(6-2)25(29-18-20-14-10-8-11-15-20)27(4,28)26(24(22)7-3)30-19-21-16-12-9-13-17-21/h10-12,35-37,40-41,47,49-52,55H,3-5,8-9,13-34,38-39,42-46H2,1-2,6-7H3,(H,59,60);5-17,22-26,28H,1-3,18-19H2,4H3/t47?,49-,50?,51?,52?,55?,56?;/m1./s1. The van der Waals surface area contributed by atoms with E-state index in [2.05, 4.69) is 53.3 Å². The third-order valence-corrected chi connectivity index (χ3v) is 21.0. The normalized spacial score (nSPS) is 24.8. The Morgan fingerprint density at radius 1 is 0.458 bits per heavy atom. The van der Waals surface area contributed by atoms with Crippen molar-refractivity contribution in [2.24, 2.45) is 41.4 Å². The van der Waals surface area contributed by atoms with E-state index in [-0.39, 0.29) is 67.5 Å². The number of esters is 2. The predicted octanol–water partition coefficient (Wildman–Crippen LogP) is 21.3. The maximum absolute atomic E-state index is 14.0. The zero-order valence-corrected chi connectivity index (χ0v) is 60.9. The van der Waals surface area contributed by atoms with Crippen molar-refractivity contribution in [2.45, 2.75) is 270 Å². The van der Waals surface area contributed by atoms with Crippen molar-refractivity contribution in [2.75, 3.05) is 13.2 Å². The summed E-state index contributed by atoms with van der Waals surface area (Å²) in [5, 5.41) is 11.7. The largest absolute Gasteiger partial charge is 0.472 e. The smallest absolute Gasteiger partial charge is 0.462 e. The van der Waals surface area contributed by atoms with Gasteiger partial charge in [0.1, 0.15) is 17.8 Å². The molecule has 0 saturated heterocycles.